The number of hydrogen-bond donors (Lipinski definition) is 0. The molecule has 34 heavy (non-hydrogen) atoms. The summed E-state index contributed by atoms with van der Waals surface area (Å²) in [6.45, 7) is 4.17. The van der Waals surface area contributed by atoms with Gasteiger partial charge in [-0.1, -0.05) is 42.0 Å². The minimum Gasteiger partial charge on any atom is -0.306 e. The fourth-order valence-electron chi connectivity index (χ4n) is 4.57. The summed E-state index contributed by atoms with van der Waals surface area (Å²) >= 11 is 0. The van der Waals surface area contributed by atoms with E-state index in [0.717, 1.165) is 22.2 Å². The molecular formula is C28H23N3O3. The molecule has 0 bridgehead atoms. The second kappa shape index (κ2) is 8.56. The van der Waals surface area contributed by atoms with Gasteiger partial charge in [0.05, 0.1) is 5.56 Å². The van der Waals surface area contributed by atoms with E-state index in [4.69, 9.17) is 0 Å². The first-order chi connectivity index (χ1) is 16.5. The Balaban J connectivity index is 1.49. The minimum atomic E-state index is -0.344. The molecule has 0 atom stereocenters. The van der Waals surface area contributed by atoms with Crippen LogP contribution in [-0.4, -0.2) is 40.7 Å². The van der Waals surface area contributed by atoms with Crippen molar-refractivity contribution in [3.8, 4) is 0 Å². The molecule has 1 aliphatic heterocycles. The van der Waals surface area contributed by atoms with Crippen molar-refractivity contribution in [1.29, 1.82) is 0 Å². The van der Waals surface area contributed by atoms with Crippen molar-refractivity contribution in [3.63, 3.8) is 0 Å². The molecular weight excluding hydrogens is 426 g/mol. The monoisotopic (exact) mass is 449 g/mol. The number of aryl methyl sites for hydroxylation is 2. The van der Waals surface area contributed by atoms with Crippen molar-refractivity contribution in [2.75, 3.05) is 18.0 Å². The van der Waals surface area contributed by atoms with Gasteiger partial charge in [0.15, 0.2) is 0 Å². The Labute approximate surface area is 197 Å². The number of carbonyl (C=O) groups excluding carboxylic acids is 3. The van der Waals surface area contributed by atoms with Crippen LogP contribution in [0.4, 0.5) is 5.69 Å². The molecule has 0 saturated carbocycles. The van der Waals surface area contributed by atoms with E-state index in [1.807, 2.05) is 56.3 Å². The van der Waals surface area contributed by atoms with Crippen molar-refractivity contribution >= 4 is 34.2 Å². The fourth-order valence-corrected chi connectivity index (χ4v) is 4.57. The lowest BCUT2D eigenvalue weighted by molar-refractivity contribution is 0.0611. The standard InChI is InChI=1S/C28H23N3O3/c1-18-11-12-24(19(2)16-18)30(26(32)21-8-5-13-29-17-21)14-15-31-27(33)22-9-3-6-20-7-4-10-23(25(20)22)28(31)34/h3-13,16-17H,14-15H2,1-2H3. The van der Waals surface area contributed by atoms with Crippen molar-refractivity contribution in [1.82, 2.24) is 9.88 Å². The van der Waals surface area contributed by atoms with E-state index >= 15 is 0 Å². The van der Waals surface area contributed by atoms with Gasteiger partial charge in [-0.3, -0.25) is 24.3 Å². The Morgan fingerprint density at radius 1 is 0.912 bits per heavy atom. The van der Waals surface area contributed by atoms with E-state index in [-0.39, 0.29) is 30.8 Å². The molecule has 1 aliphatic rings. The highest BCUT2D eigenvalue weighted by atomic mass is 16.2. The molecule has 6 nitrogen and oxygen atoms in total. The molecule has 0 N–H and O–H groups in total. The molecule has 0 spiro atoms. The van der Waals surface area contributed by atoms with E-state index in [9.17, 15) is 14.4 Å². The first-order valence-corrected chi connectivity index (χ1v) is 11.1. The van der Waals surface area contributed by atoms with Gasteiger partial charge < -0.3 is 4.90 Å². The summed E-state index contributed by atoms with van der Waals surface area (Å²) < 4.78 is 0. The van der Waals surface area contributed by atoms with E-state index in [1.165, 1.54) is 11.1 Å². The van der Waals surface area contributed by atoms with Crippen LogP contribution in [0.1, 0.15) is 42.2 Å². The third-order valence-corrected chi connectivity index (χ3v) is 6.20. The number of hydrogen-bond acceptors (Lipinski definition) is 4. The summed E-state index contributed by atoms with van der Waals surface area (Å²) in [7, 11) is 0. The fraction of sp³-hybridized carbons (Fsp3) is 0.143. The molecule has 0 unspecified atom stereocenters. The van der Waals surface area contributed by atoms with Crippen LogP contribution < -0.4 is 4.90 Å². The van der Waals surface area contributed by atoms with Gasteiger partial charge in [-0.2, -0.15) is 0 Å². The Kier molecular flexibility index (Phi) is 5.42. The number of anilines is 1. The first kappa shape index (κ1) is 21.5. The van der Waals surface area contributed by atoms with Crippen LogP contribution in [0.25, 0.3) is 10.8 Å². The molecule has 2 heterocycles. The van der Waals surface area contributed by atoms with Crippen molar-refractivity contribution < 1.29 is 14.4 Å². The molecule has 4 aromatic rings. The number of aromatic nitrogens is 1. The topological polar surface area (TPSA) is 70.6 Å². The van der Waals surface area contributed by atoms with Crippen LogP contribution in [0.5, 0.6) is 0 Å². The van der Waals surface area contributed by atoms with Crippen LogP contribution in [0, 0.1) is 13.8 Å². The lowest BCUT2D eigenvalue weighted by Gasteiger charge is -2.31. The summed E-state index contributed by atoms with van der Waals surface area (Å²) in [5.74, 6) is -0.924. The number of pyridine rings is 1. The molecule has 0 radical (unpaired) electrons. The van der Waals surface area contributed by atoms with Gasteiger partial charge in [-0.15, -0.1) is 0 Å². The number of benzene rings is 3. The largest absolute Gasteiger partial charge is 0.306 e. The third kappa shape index (κ3) is 3.63. The smallest absolute Gasteiger partial charge is 0.261 e. The Morgan fingerprint density at radius 2 is 1.62 bits per heavy atom. The van der Waals surface area contributed by atoms with Gasteiger partial charge in [-0.25, -0.2) is 0 Å². The molecule has 0 fully saturated rings. The zero-order valence-electron chi connectivity index (χ0n) is 19.0. The quantitative estimate of drug-likeness (QED) is 0.411. The Morgan fingerprint density at radius 3 is 2.24 bits per heavy atom. The second-order valence-corrected chi connectivity index (χ2v) is 8.46. The maximum absolute atomic E-state index is 13.5. The van der Waals surface area contributed by atoms with Crippen molar-refractivity contribution in [3.05, 3.63) is 107 Å². The molecule has 168 valence electrons. The summed E-state index contributed by atoms with van der Waals surface area (Å²) in [6, 6.07) is 20.2. The van der Waals surface area contributed by atoms with E-state index in [1.54, 1.807) is 35.4 Å². The van der Waals surface area contributed by atoms with Gasteiger partial charge in [0.25, 0.3) is 17.7 Å². The Bertz CT molecular complexity index is 1400. The summed E-state index contributed by atoms with van der Waals surface area (Å²) in [4.78, 5) is 47.0. The second-order valence-electron chi connectivity index (χ2n) is 8.46. The highest BCUT2D eigenvalue weighted by Crippen LogP contribution is 2.30. The third-order valence-electron chi connectivity index (χ3n) is 6.20. The molecule has 3 aromatic carbocycles. The molecule has 0 aliphatic carbocycles. The van der Waals surface area contributed by atoms with Crippen LogP contribution in [0.3, 0.4) is 0 Å². The van der Waals surface area contributed by atoms with Crippen LogP contribution in [-0.2, 0) is 0 Å². The van der Waals surface area contributed by atoms with Crippen molar-refractivity contribution in [2.24, 2.45) is 0 Å². The number of nitrogens with zero attached hydrogens (tertiary/aromatic N) is 3. The molecule has 3 amide bonds. The molecule has 1 aromatic heterocycles. The van der Waals surface area contributed by atoms with Crippen molar-refractivity contribution in [2.45, 2.75) is 13.8 Å². The summed E-state index contributed by atoms with van der Waals surface area (Å²) in [6.07, 6.45) is 3.13. The minimum absolute atomic E-state index is 0.0711. The summed E-state index contributed by atoms with van der Waals surface area (Å²) in [5, 5.41) is 1.55. The predicted molar refractivity (Wildman–Crippen MR) is 131 cm³/mol. The van der Waals surface area contributed by atoms with E-state index in [0.29, 0.717) is 22.1 Å². The van der Waals surface area contributed by atoms with Gasteiger partial charge in [0, 0.05) is 47.7 Å². The number of rotatable bonds is 5. The first-order valence-electron chi connectivity index (χ1n) is 11.1. The average molecular weight is 450 g/mol. The van der Waals surface area contributed by atoms with E-state index < -0.39 is 0 Å². The molecule has 6 heteroatoms. The maximum atomic E-state index is 13.5. The highest BCUT2D eigenvalue weighted by Gasteiger charge is 2.33. The predicted octanol–water partition coefficient (Wildman–Crippen LogP) is 4.79. The van der Waals surface area contributed by atoms with E-state index in [2.05, 4.69) is 4.98 Å². The Hall–Kier alpha value is -4.32. The van der Waals surface area contributed by atoms with Gasteiger partial charge >= 0.3 is 0 Å². The number of carbonyl (C=O) groups is 3. The average Bonchev–Trinajstić information content (AvgIpc) is 2.85. The van der Waals surface area contributed by atoms with Crippen LogP contribution >= 0.6 is 0 Å². The van der Waals surface area contributed by atoms with Crippen LogP contribution in [0.2, 0.25) is 0 Å². The molecule has 5 rings (SSSR count). The summed E-state index contributed by atoms with van der Waals surface area (Å²) in [5.41, 5.74) is 4.20. The molecule has 0 saturated heterocycles. The lowest BCUT2D eigenvalue weighted by atomic mass is 9.94. The number of amides is 3. The van der Waals surface area contributed by atoms with Gasteiger partial charge in [-0.05, 0) is 55.1 Å². The SMILES string of the molecule is Cc1ccc(N(CCN2C(=O)c3cccc4cccc(c34)C2=O)C(=O)c2cccnc2)c(C)c1. The number of imide groups is 1. The highest BCUT2D eigenvalue weighted by molar-refractivity contribution is 6.25. The zero-order valence-corrected chi connectivity index (χ0v) is 19.0. The lowest BCUT2D eigenvalue weighted by Crippen LogP contribution is -2.46. The van der Waals surface area contributed by atoms with Gasteiger partial charge in [0.1, 0.15) is 0 Å². The van der Waals surface area contributed by atoms with Crippen LogP contribution in [0.15, 0.2) is 79.1 Å². The van der Waals surface area contributed by atoms with Gasteiger partial charge in [0.2, 0.25) is 0 Å². The zero-order chi connectivity index (χ0) is 23.8. The normalized spacial score (nSPS) is 12.8. The maximum Gasteiger partial charge on any atom is 0.261 e.